The van der Waals surface area contributed by atoms with E-state index in [4.69, 9.17) is 5.11 Å². The van der Waals surface area contributed by atoms with E-state index in [2.05, 4.69) is 9.71 Å². The molecule has 0 aromatic carbocycles. The van der Waals surface area contributed by atoms with Crippen LogP contribution in [-0.2, 0) is 14.8 Å². The standard InChI is InChI=1S/C8H12N2O4S2/c1-4(7(11)12)10-16(13,14)8-5(2)9-6(3)15-8/h4,10H,1-3H3,(H,11,12)/t4-/m0/s1. The lowest BCUT2D eigenvalue weighted by molar-refractivity contribution is -0.138. The number of carboxylic acid groups (broad SMARTS) is 1. The number of hydrogen-bond donors (Lipinski definition) is 2. The Hall–Kier alpha value is -0.990. The summed E-state index contributed by atoms with van der Waals surface area (Å²) in [4.78, 5) is 14.5. The molecule has 1 aromatic heterocycles. The predicted molar refractivity (Wildman–Crippen MR) is 59.0 cm³/mol. The van der Waals surface area contributed by atoms with Gasteiger partial charge in [-0.3, -0.25) is 4.79 Å². The molecule has 0 aliphatic carbocycles. The van der Waals surface area contributed by atoms with Crippen LogP contribution in [0.25, 0.3) is 0 Å². The fourth-order valence-electron chi connectivity index (χ4n) is 1.10. The van der Waals surface area contributed by atoms with E-state index in [1.165, 1.54) is 6.92 Å². The summed E-state index contributed by atoms with van der Waals surface area (Å²) < 4.78 is 25.7. The van der Waals surface area contributed by atoms with Crippen molar-refractivity contribution in [3.05, 3.63) is 10.7 Å². The first kappa shape index (κ1) is 13.1. The minimum absolute atomic E-state index is 0.0677. The van der Waals surface area contributed by atoms with E-state index in [1.54, 1.807) is 13.8 Å². The molecule has 8 heteroatoms. The van der Waals surface area contributed by atoms with Gasteiger partial charge in [-0.15, -0.1) is 11.3 Å². The number of sulfonamides is 1. The molecule has 1 atom stereocenters. The van der Waals surface area contributed by atoms with E-state index in [9.17, 15) is 13.2 Å². The number of nitrogens with zero attached hydrogens (tertiary/aromatic N) is 1. The second-order valence-electron chi connectivity index (χ2n) is 3.29. The van der Waals surface area contributed by atoms with E-state index in [-0.39, 0.29) is 4.21 Å². The van der Waals surface area contributed by atoms with E-state index >= 15 is 0 Å². The summed E-state index contributed by atoms with van der Waals surface area (Å²) >= 11 is 1.02. The van der Waals surface area contributed by atoms with Crippen LogP contribution in [0.4, 0.5) is 0 Å². The molecule has 6 nitrogen and oxygen atoms in total. The highest BCUT2D eigenvalue weighted by Gasteiger charge is 2.25. The number of nitrogens with one attached hydrogen (secondary N) is 1. The summed E-state index contributed by atoms with van der Waals surface area (Å²) in [6, 6.07) is -1.16. The molecule has 0 saturated carbocycles. The summed E-state index contributed by atoms with van der Waals surface area (Å²) in [6.07, 6.45) is 0. The van der Waals surface area contributed by atoms with Crippen molar-refractivity contribution in [1.29, 1.82) is 0 Å². The number of thiazole rings is 1. The lowest BCUT2D eigenvalue weighted by atomic mass is 10.4. The third-order valence-electron chi connectivity index (χ3n) is 1.81. The molecule has 0 fully saturated rings. The molecule has 16 heavy (non-hydrogen) atoms. The van der Waals surface area contributed by atoms with Gasteiger partial charge >= 0.3 is 5.97 Å². The van der Waals surface area contributed by atoms with Gasteiger partial charge in [-0.2, -0.15) is 4.72 Å². The minimum atomic E-state index is -3.79. The van der Waals surface area contributed by atoms with Crippen LogP contribution in [0.5, 0.6) is 0 Å². The molecular weight excluding hydrogens is 252 g/mol. The van der Waals surface area contributed by atoms with Crippen molar-refractivity contribution in [2.75, 3.05) is 0 Å². The van der Waals surface area contributed by atoms with Crippen molar-refractivity contribution in [2.45, 2.75) is 31.0 Å². The van der Waals surface area contributed by atoms with Gasteiger partial charge in [0.15, 0.2) is 4.21 Å². The number of rotatable bonds is 4. The smallest absolute Gasteiger partial charge is 0.321 e. The maximum Gasteiger partial charge on any atom is 0.321 e. The summed E-state index contributed by atoms with van der Waals surface area (Å²) in [5, 5.41) is 9.25. The molecule has 1 rings (SSSR count). The molecule has 1 heterocycles. The third-order valence-corrected chi connectivity index (χ3v) is 5.03. The number of aryl methyl sites for hydroxylation is 2. The quantitative estimate of drug-likeness (QED) is 0.826. The number of carboxylic acids is 1. The van der Waals surface area contributed by atoms with Gasteiger partial charge in [-0.1, -0.05) is 0 Å². The van der Waals surface area contributed by atoms with Crippen LogP contribution in [0.3, 0.4) is 0 Å². The van der Waals surface area contributed by atoms with Gasteiger partial charge in [0.05, 0.1) is 10.7 Å². The molecule has 0 spiro atoms. The summed E-state index contributed by atoms with van der Waals surface area (Å²) in [6.45, 7) is 4.53. The van der Waals surface area contributed by atoms with Gasteiger partial charge in [0.25, 0.3) is 10.0 Å². The molecule has 0 aliphatic heterocycles. The molecule has 0 saturated heterocycles. The normalized spacial score (nSPS) is 13.7. The predicted octanol–water partition coefficient (Wildman–Crippen LogP) is 0.511. The van der Waals surface area contributed by atoms with Crippen LogP contribution in [0.15, 0.2) is 4.21 Å². The number of aromatic nitrogens is 1. The Labute approximate surface area is 97.4 Å². The molecule has 0 aliphatic rings. The Morgan fingerprint density at radius 1 is 1.50 bits per heavy atom. The Kier molecular flexibility index (Phi) is 3.66. The van der Waals surface area contributed by atoms with Gasteiger partial charge < -0.3 is 5.11 Å². The largest absolute Gasteiger partial charge is 0.480 e. The fraction of sp³-hybridized carbons (Fsp3) is 0.500. The molecular formula is C8H12N2O4S2. The van der Waals surface area contributed by atoms with E-state index in [1.807, 2.05) is 0 Å². The molecule has 0 unspecified atom stereocenters. The lowest BCUT2D eigenvalue weighted by Gasteiger charge is -2.08. The van der Waals surface area contributed by atoms with Crippen molar-refractivity contribution in [3.63, 3.8) is 0 Å². The highest BCUT2D eigenvalue weighted by atomic mass is 32.2. The second kappa shape index (κ2) is 4.48. The number of hydrogen-bond acceptors (Lipinski definition) is 5. The molecule has 0 bridgehead atoms. The van der Waals surface area contributed by atoms with Crippen LogP contribution in [0.2, 0.25) is 0 Å². The van der Waals surface area contributed by atoms with Crippen LogP contribution in [0, 0.1) is 13.8 Å². The first-order valence-corrected chi connectivity index (χ1v) is 6.73. The molecule has 2 N–H and O–H groups in total. The monoisotopic (exact) mass is 264 g/mol. The topological polar surface area (TPSA) is 96.4 Å². The second-order valence-corrected chi connectivity index (χ2v) is 6.40. The third kappa shape index (κ3) is 2.77. The fourth-order valence-corrected chi connectivity index (χ4v) is 3.80. The Balaban J connectivity index is 3.03. The van der Waals surface area contributed by atoms with Gasteiger partial charge in [0.2, 0.25) is 0 Å². The van der Waals surface area contributed by atoms with Gasteiger partial charge in [0, 0.05) is 0 Å². The average molecular weight is 264 g/mol. The van der Waals surface area contributed by atoms with E-state index < -0.39 is 22.0 Å². The van der Waals surface area contributed by atoms with Crippen molar-refractivity contribution in [1.82, 2.24) is 9.71 Å². The van der Waals surface area contributed by atoms with Crippen molar-refractivity contribution >= 4 is 27.3 Å². The number of carbonyl (C=O) groups is 1. The van der Waals surface area contributed by atoms with E-state index in [0.29, 0.717) is 10.7 Å². The van der Waals surface area contributed by atoms with Crippen molar-refractivity contribution in [3.8, 4) is 0 Å². The number of aliphatic carboxylic acids is 1. The van der Waals surface area contributed by atoms with Gasteiger partial charge in [-0.05, 0) is 20.8 Å². The summed E-state index contributed by atoms with van der Waals surface area (Å²) in [5.41, 5.74) is 0.382. The van der Waals surface area contributed by atoms with Gasteiger partial charge in [0.1, 0.15) is 6.04 Å². The zero-order chi connectivity index (χ0) is 12.5. The highest BCUT2D eigenvalue weighted by Crippen LogP contribution is 2.22. The Bertz CT molecular complexity index is 506. The molecule has 0 amide bonds. The first-order chi connectivity index (χ1) is 7.24. The van der Waals surface area contributed by atoms with Crippen LogP contribution in [0.1, 0.15) is 17.6 Å². The summed E-state index contributed by atoms with van der Waals surface area (Å²) in [7, 11) is -3.79. The van der Waals surface area contributed by atoms with Crippen LogP contribution >= 0.6 is 11.3 Å². The van der Waals surface area contributed by atoms with Crippen molar-refractivity contribution in [2.24, 2.45) is 0 Å². The average Bonchev–Trinajstić information content (AvgIpc) is 2.45. The Morgan fingerprint density at radius 3 is 2.44 bits per heavy atom. The van der Waals surface area contributed by atoms with Crippen LogP contribution < -0.4 is 4.72 Å². The lowest BCUT2D eigenvalue weighted by Crippen LogP contribution is -2.38. The van der Waals surface area contributed by atoms with Crippen molar-refractivity contribution < 1.29 is 18.3 Å². The zero-order valence-electron chi connectivity index (χ0n) is 9.01. The zero-order valence-corrected chi connectivity index (χ0v) is 10.6. The SMILES string of the molecule is Cc1nc(C)c(S(=O)(=O)N[C@@H](C)C(=O)O)s1. The molecule has 1 aromatic rings. The maximum absolute atomic E-state index is 11.8. The summed E-state index contributed by atoms with van der Waals surface area (Å²) in [5.74, 6) is -1.22. The maximum atomic E-state index is 11.8. The highest BCUT2D eigenvalue weighted by molar-refractivity contribution is 7.91. The first-order valence-electron chi connectivity index (χ1n) is 4.43. The van der Waals surface area contributed by atoms with Gasteiger partial charge in [-0.25, -0.2) is 13.4 Å². The van der Waals surface area contributed by atoms with E-state index in [0.717, 1.165) is 11.3 Å². The Morgan fingerprint density at radius 2 is 2.06 bits per heavy atom. The van der Waals surface area contributed by atoms with Crippen LogP contribution in [-0.4, -0.2) is 30.5 Å². The molecule has 0 radical (unpaired) electrons. The minimum Gasteiger partial charge on any atom is -0.480 e. The molecule has 90 valence electrons.